The minimum Gasteiger partial charge on any atom is -0.481 e. The summed E-state index contributed by atoms with van der Waals surface area (Å²) in [5.74, 6) is -1.93. The molecule has 4 aliphatic carbocycles. The molecule has 168 valence electrons. The molecule has 1 heterocycles. The first kappa shape index (κ1) is 21.0. The van der Waals surface area contributed by atoms with Gasteiger partial charge in [-0.3, -0.25) is 14.4 Å². The second-order valence-electron chi connectivity index (χ2n) is 9.94. The number of hydrogen-bond acceptors (Lipinski definition) is 4. The highest BCUT2D eigenvalue weighted by Crippen LogP contribution is 2.53. The van der Waals surface area contributed by atoms with Crippen LogP contribution in [0.15, 0.2) is 0 Å². The van der Waals surface area contributed by atoms with Crippen LogP contribution in [0.1, 0.15) is 85.0 Å². The number of anilines is 1. The van der Waals surface area contributed by atoms with Crippen molar-refractivity contribution in [1.82, 2.24) is 5.32 Å². The van der Waals surface area contributed by atoms with Gasteiger partial charge in [0.05, 0.1) is 17.4 Å². The summed E-state index contributed by atoms with van der Waals surface area (Å²) in [7, 11) is 0. The number of fused-ring (bicyclic) bond motifs is 3. The summed E-state index contributed by atoms with van der Waals surface area (Å²) in [5.41, 5.74) is 1.75. The van der Waals surface area contributed by atoms with Gasteiger partial charge in [0, 0.05) is 10.9 Å². The number of aryl methyl sites for hydroxylation is 1. The molecular weight excluding hydrogens is 412 g/mol. The van der Waals surface area contributed by atoms with Crippen LogP contribution in [0.25, 0.3) is 0 Å². The van der Waals surface area contributed by atoms with E-state index in [1.807, 2.05) is 0 Å². The van der Waals surface area contributed by atoms with E-state index in [1.54, 1.807) is 0 Å². The van der Waals surface area contributed by atoms with Crippen molar-refractivity contribution in [2.45, 2.75) is 83.1 Å². The third-order valence-corrected chi connectivity index (χ3v) is 9.29. The Hall–Kier alpha value is -1.89. The maximum absolute atomic E-state index is 13.3. The Morgan fingerprint density at radius 3 is 2.32 bits per heavy atom. The Morgan fingerprint density at radius 1 is 0.871 bits per heavy atom. The highest BCUT2D eigenvalue weighted by Gasteiger charge is 2.54. The summed E-state index contributed by atoms with van der Waals surface area (Å²) >= 11 is 1.53. The first-order chi connectivity index (χ1) is 15.0. The first-order valence-electron chi connectivity index (χ1n) is 12.0. The largest absolute Gasteiger partial charge is 0.481 e. The lowest BCUT2D eigenvalue weighted by Crippen LogP contribution is -2.39. The zero-order valence-corrected chi connectivity index (χ0v) is 18.8. The van der Waals surface area contributed by atoms with E-state index in [0.717, 1.165) is 76.2 Å². The first-order valence-corrected chi connectivity index (χ1v) is 12.8. The van der Waals surface area contributed by atoms with E-state index in [4.69, 9.17) is 0 Å². The van der Waals surface area contributed by atoms with Gasteiger partial charge in [0.15, 0.2) is 0 Å². The van der Waals surface area contributed by atoms with E-state index in [-0.39, 0.29) is 29.7 Å². The number of amides is 2. The molecular formula is C24H32N2O4S. The molecule has 1 aromatic rings. The molecule has 4 unspecified atom stereocenters. The standard InChI is InChI=1S/C24H32N2O4S/c27-21(18-13-10-11-14(12-13)19(18)24(29)30)26-23-20(16-8-4-5-9-17(16)31-23)22(28)25-15-6-2-1-3-7-15/h13-15,18-19H,1-12H2,(H,25,28)(H,26,27)(H,29,30). The van der Waals surface area contributed by atoms with Crippen molar-refractivity contribution in [3.8, 4) is 0 Å². The summed E-state index contributed by atoms with van der Waals surface area (Å²) in [4.78, 5) is 39.7. The number of carboxylic acids is 1. The van der Waals surface area contributed by atoms with Crippen LogP contribution in [0.2, 0.25) is 0 Å². The molecule has 0 aromatic carbocycles. The molecule has 4 atom stereocenters. The van der Waals surface area contributed by atoms with Crippen molar-refractivity contribution in [1.29, 1.82) is 0 Å². The van der Waals surface area contributed by atoms with Crippen LogP contribution in [0, 0.1) is 23.7 Å². The van der Waals surface area contributed by atoms with Gasteiger partial charge in [0.2, 0.25) is 5.91 Å². The van der Waals surface area contributed by atoms with Gasteiger partial charge in [0.1, 0.15) is 5.00 Å². The van der Waals surface area contributed by atoms with Gasteiger partial charge in [-0.05, 0) is 75.2 Å². The summed E-state index contributed by atoms with van der Waals surface area (Å²) in [5, 5.41) is 16.7. The third kappa shape index (κ3) is 3.90. The molecule has 1 aromatic heterocycles. The fraction of sp³-hybridized carbons (Fsp3) is 0.708. The third-order valence-electron chi connectivity index (χ3n) is 8.08. The average molecular weight is 445 g/mol. The SMILES string of the molecule is O=C(NC1CCCCC1)c1c(NC(=O)C2C3CCC(C3)C2C(=O)O)sc2c1CCCC2. The second-order valence-corrected chi connectivity index (χ2v) is 11.0. The number of hydrogen-bond donors (Lipinski definition) is 3. The van der Waals surface area contributed by atoms with Gasteiger partial charge >= 0.3 is 5.97 Å². The van der Waals surface area contributed by atoms with Crippen molar-refractivity contribution in [2.24, 2.45) is 23.7 Å². The number of thiophene rings is 1. The van der Waals surface area contributed by atoms with Gasteiger partial charge in [-0.25, -0.2) is 0 Å². The normalized spacial score (nSPS) is 30.1. The van der Waals surface area contributed by atoms with Gasteiger partial charge in [-0.2, -0.15) is 0 Å². The van der Waals surface area contributed by atoms with Gasteiger partial charge in [-0.15, -0.1) is 11.3 Å². The number of aliphatic carboxylic acids is 1. The molecule has 5 rings (SSSR count). The topological polar surface area (TPSA) is 95.5 Å². The number of nitrogens with one attached hydrogen (secondary N) is 2. The monoisotopic (exact) mass is 444 g/mol. The Kier molecular flexibility index (Phi) is 5.80. The minimum absolute atomic E-state index is 0.0654. The molecule has 3 N–H and O–H groups in total. The molecule has 4 aliphatic rings. The van der Waals surface area contributed by atoms with Crippen LogP contribution in [0.5, 0.6) is 0 Å². The smallest absolute Gasteiger partial charge is 0.307 e. The lowest BCUT2D eigenvalue weighted by atomic mass is 9.78. The molecule has 7 heteroatoms. The minimum atomic E-state index is -0.854. The van der Waals surface area contributed by atoms with Crippen LogP contribution >= 0.6 is 11.3 Å². The van der Waals surface area contributed by atoms with Crippen LogP contribution in [-0.4, -0.2) is 28.9 Å². The second kappa shape index (κ2) is 8.57. The average Bonchev–Trinajstić information content (AvgIpc) is 3.46. The number of rotatable bonds is 5. The molecule has 0 spiro atoms. The van der Waals surface area contributed by atoms with Crippen molar-refractivity contribution in [3.05, 3.63) is 16.0 Å². The van der Waals surface area contributed by atoms with E-state index in [0.29, 0.717) is 10.6 Å². The van der Waals surface area contributed by atoms with E-state index in [1.165, 1.54) is 22.6 Å². The molecule has 2 amide bonds. The van der Waals surface area contributed by atoms with Gasteiger partial charge in [-0.1, -0.05) is 19.3 Å². The highest BCUT2D eigenvalue weighted by atomic mass is 32.1. The molecule has 0 aliphatic heterocycles. The predicted octanol–water partition coefficient (Wildman–Crippen LogP) is 4.37. The molecule has 6 nitrogen and oxygen atoms in total. The van der Waals surface area contributed by atoms with Gasteiger partial charge < -0.3 is 15.7 Å². The summed E-state index contributed by atoms with van der Waals surface area (Å²) < 4.78 is 0. The van der Waals surface area contributed by atoms with Crippen LogP contribution < -0.4 is 10.6 Å². The van der Waals surface area contributed by atoms with E-state index in [2.05, 4.69) is 10.6 Å². The van der Waals surface area contributed by atoms with Gasteiger partial charge in [0.25, 0.3) is 5.91 Å². The summed E-state index contributed by atoms with van der Waals surface area (Å²) in [6, 6.07) is 0.214. The maximum Gasteiger partial charge on any atom is 0.307 e. The lowest BCUT2D eigenvalue weighted by molar-refractivity contribution is -0.148. The number of carboxylic acid groups (broad SMARTS) is 1. The fourth-order valence-electron chi connectivity index (χ4n) is 6.62. The molecule has 3 saturated carbocycles. The number of carbonyl (C=O) groups excluding carboxylic acids is 2. The summed E-state index contributed by atoms with van der Waals surface area (Å²) in [6.07, 6.45) is 12.3. The summed E-state index contributed by atoms with van der Waals surface area (Å²) in [6.45, 7) is 0. The number of carbonyl (C=O) groups is 3. The molecule has 2 bridgehead atoms. The van der Waals surface area contributed by atoms with Crippen LogP contribution in [-0.2, 0) is 22.4 Å². The van der Waals surface area contributed by atoms with Crippen molar-refractivity contribution < 1.29 is 19.5 Å². The molecule has 0 saturated heterocycles. The Bertz CT molecular complexity index is 888. The van der Waals surface area contributed by atoms with Crippen molar-refractivity contribution >= 4 is 34.1 Å². The molecule has 0 radical (unpaired) electrons. The Morgan fingerprint density at radius 2 is 1.58 bits per heavy atom. The Labute approximate surface area is 187 Å². The van der Waals surface area contributed by atoms with E-state index >= 15 is 0 Å². The fourth-order valence-corrected chi connectivity index (χ4v) is 7.91. The molecule has 31 heavy (non-hydrogen) atoms. The van der Waals surface area contributed by atoms with E-state index < -0.39 is 17.8 Å². The lowest BCUT2D eigenvalue weighted by Gasteiger charge is -2.27. The van der Waals surface area contributed by atoms with Crippen LogP contribution in [0.4, 0.5) is 5.00 Å². The zero-order valence-electron chi connectivity index (χ0n) is 18.0. The highest BCUT2D eigenvalue weighted by molar-refractivity contribution is 7.17. The zero-order chi connectivity index (χ0) is 21.5. The van der Waals surface area contributed by atoms with Crippen molar-refractivity contribution in [3.63, 3.8) is 0 Å². The van der Waals surface area contributed by atoms with E-state index in [9.17, 15) is 19.5 Å². The Balaban J connectivity index is 1.39. The molecule has 3 fully saturated rings. The van der Waals surface area contributed by atoms with Crippen LogP contribution in [0.3, 0.4) is 0 Å². The predicted molar refractivity (Wildman–Crippen MR) is 119 cm³/mol. The van der Waals surface area contributed by atoms with Crippen molar-refractivity contribution in [2.75, 3.05) is 5.32 Å². The quantitative estimate of drug-likeness (QED) is 0.628. The maximum atomic E-state index is 13.3.